The lowest BCUT2D eigenvalue weighted by Gasteiger charge is -2.41. The summed E-state index contributed by atoms with van der Waals surface area (Å²) in [6, 6.07) is 14.1. The van der Waals surface area contributed by atoms with Gasteiger partial charge in [-0.1, -0.05) is 35.9 Å². The van der Waals surface area contributed by atoms with E-state index in [0.29, 0.717) is 29.1 Å². The third kappa shape index (κ3) is 8.43. The van der Waals surface area contributed by atoms with Crippen LogP contribution in [0, 0.1) is 0 Å². The number of aromatic nitrogens is 1. The Hall–Kier alpha value is -3.44. The third-order valence-corrected chi connectivity index (χ3v) is 8.19. The Morgan fingerprint density at radius 2 is 1.82 bits per heavy atom. The molecule has 2 aliphatic rings. The average molecular weight is 640 g/mol. The second kappa shape index (κ2) is 12.7. The van der Waals surface area contributed by atoms with E-state index in [9.17, 15) is 19.5 Å². The highest BCUT2D eigenvalue weighted by molar-refractivity contribution is 6.31. The molecule has 1 saturated heterocycles. The quantitative estimate of drug-likeness (QED) is 0.257. The summed E-state index contributed by atoms with van der Waals surface area (Å²) in [5, 5.41) is 19.3. The van der Waals surface area contributed by atoms with Crippen molar-refractivity contribution < 1.29 is 33.7 Å². The van der Waals surface area contributed by atoms with Crippen LogP contribution in [0.15, 0.2) is 48.5 Å². The van der Waals surface area contributed by atoms with Gasteiger partial charge in [0.1, 0.15) is 16.9 Å². The van der Waals surface area contributed by atoms with Gasteiger partial charge in [-0.3, -0.25) is 14.4 Å². The van der Waals surface area contributed by atoms with Gasteiger partial charge in [-0.25, -0.2) is 0 Å². The molecule has 5 rings (SSSR count). The molecule has 10 nitrogen and oxygen atoms in total. The number of carbonyl (C=O) groups excluding carboxylic acids is 3. The fourth-order valence-electron chi connectivity index (χ4n) is 6.36. The molecule has 1 aromatic heterocycles. The number of esters is 1. The van der Waals surface area contributed by atoms with E-state index in [2.05, 4.69) is 15.6 Å². The number of carbonyl (C=O) groups is 3. The molecule has 0 saturated carbocycles. The number of hydrogen-bond acceptors (Lipinski definition) is 7. The monoisotopic (exact) mass is 639 g/mol. The lowest BCUT2D eigenvalue weighted by Crippen LogP contribution is -2.50. The SMILES string of the molecule is CC(C)(C)OC(=O)C[C@H]1C[C@@H](CNC(=O)C[C@@]2(O)C[C@H](NC(=O)c3cc4cc(Cl)ccc4[nH]3)Cc3ccccc32)OC(C)(C)O1. The van der Waals surface area contributed by atoms with Crippen LogP contribution in [0.25, 0.3) is 10.9 Å². The highest BCUT2D eigenvalue weighted by Gasteiger charge is 2.42. The molecule has 2 amide bonds. The number of hydrogen-bond donors (Lipinski definition) is 4. The van der Waals surface area contributed by atoms with E-state index >= 15 is 0 Å². The van der Waals surface area contributed by atoms with E-state index in [1.54, 1.807) is 32.0 Å². The van der Waals surface area contributed by atoms with Crippen molar-refractivity contribution in [1.29, 1.82) is 0 Å². The molecule has 1 aliphatic heterocycles. The summed E-state index contributed by atoms with van der Waals surface area (Å²) in [5.74, 6) is -1.98. The van der Waals surface area contributed by atoms with Crippen molar-refractivity contribution in [1.82, 2.24) is 15.6 Å². The fourth-order valence-corrected chi connectivity index (χ4v) is 6.54. The van der Waals surface area contributed by atoms with Crippen LogP contribution in [-0.4, -0.2) is 64.1 Å². The Balaban J connectivity index is 1.22. The highest BCUT2D eigenvalue weighted by atomic mass is 35.5. The van der Waals surface area contributed by atoms with Gasteiger partial charge in [0.05, 0.1) is 25.0 Å². The molecule has 1 fully saturated rings. The molecule has 4 atom stereocenters. The minimum absolute atomic E-state index is 0.0738. The minimum Gasteiger partial charge on any atom is -0.460 e. The molecule has 1 aliphatic carbocycles. The van der Waals surface area contributed by atoms with Crippen LogP contribution in [0.5, 0.6) is 0 Å². The largest absolute Gasteiger partial charge is 0.460 e. The van der Waals surface area contributed by atoms with Crippen LogP contribution >= 0.6 is 11.6 Å². The molecular formula is C34H42ClN3O7. The average Bonchev–Trinajstić information content (AvgIpc) is 3.33. The Labute approximate surface area is 268 Å². The van der Waals surface area contributed by atoms with E-state index in [4.69, 9.17) is 25.8 Å². The van der Waals surface area contributed by atoms with Crippen LogP contribution < -0.4 is 10.6 Å². The molecule has 3 aromatic rings. The molecule has 11 heteroatoms. The van der Waals surface area contributed by atoms with Gasteiger partial charge in [0.15, 0.2) is 5.79 Å². The maximum atomic E-state index is 13.3. The third-order valence-electron chi connectivity index (χ3n) is 7.95. The van der Waals surface area contributed by atoms with Gasteiger partial charge in [-0.2, -0.15) is 0 Å². The van der Waals surface area contributed by atoms with Gasteiger partial charge in [0.2, 0.25) is 5.91 Å². The number of rotatable bonds is 8. The first-order chi connectivity index (χ1) is 21.1. The minimum atomic E-state index is -1.50. The number of aromatic amines is 1. The Morgan fingerprint density at radius 3 is 2.58 bits per heavy atom. The first-order valence-electron chi connectivity index (χ1n) is 15.3. The number of amides is 2. The van der Waals surface area contributed by atoms with Crippen molar-refractivity contribution in [3.8, 4) is 0 Å². The molecule has 4 N–H and O–H groups in total. The van der Waals surface area contributed by atoms with Gasteiger partial charge in [0.25, 0.3) is 5.91 Å². The maximum Gasteiger partial charge on any atom is 0.308 e. The summed E-state index contributed by atoms with van der Waals surface area (Å²) in [7, 11) is 0. The van der Waals surface area contributed by atoms with Crippen molar-refractivity contribution in [3.05, 3.63) is 70.4 Å². The van der Waals surface area contributed by atoms with Crippen molar-refractivity contribution in [2.45, 2.75) is 102 Å². The lowest BCUT2D eigenvalue weighted by molar-refractivity contribution is -0.298. The molecule has 0 radical (unpaired) electrons. The fraction of sp³-hybridized carbons (Fsp3) is 0.500. The number of ether oxygens (including phenoxy) is 3. The van der Waals surface area contributed by atoms with Crippen molar-refractivity contribution in [2.75, 3.05) is 6.54 Å². The summed E-state index contributed by atoms with van der Waals surface area (Å²) >= 11 is 6.10. The maximum absolute atomic E-state index is 13.3. The molecule has 0 unspecified atom stereocenters. The summed E-state index contributed by atoms with van der Waals surface area (Å²) in [4.78, 5) is 42.0. The number of aliphatic hydroxyl groups is 1. The summed E-state index contributed by atoms with van der Waals surface area (Å²) in [6.07, 6.45) is 0.106. The topological polar surface area (TPSA) is 139 Å². The zero-order valence-electron chi connectivity index (χ0n) is 26.4. The van der Waals surface area contributed by atoms with Crippen molar-refractivity contribution in [3.63, 3.8) is 0 Å². The molecule has 242 valence electrons. The van der Waals surface area contributed by atoms with E-state index < -0.39 is 35.2 Å². The van der Waals surface area contributed by atoms with Gasteiger partial charge >= 0.3 is 5.97 Å². The lowest BCUT2D eigenvalue weighted by atomic mass is 9.74. The second-order valence-electron chi connectivity index (χ2n) is 13.6. The van der Waals surface area contributed by atoms with Crippen molar-refractivity contribution in [2.24, 2.45) is 0 Å². The normalized spacial score (nSPS) is 24.5. The van der Waals surface area contributed by atoms with E-state index in [1.165, 1.54) is 0 Å². The molecule has 45 heavy (non-hydrogen) atoms. The van der Waals surface area contributed by atoms with Gasteiger partial charge < -0.3 is 34.9 Å². The zero-order valence-corrected chi connectivity index (χ0v) is 27.1. The second-order valence-corrected chi connectivity index (χ2v) is 14.0. The van der Waals surface area contributed by atoms with Crippen LogP contribution in [0.3, 0.4) is 0 Å². The number of benzene rings is 2. The van der Waals surface area contributed by atoms with Crippen LogP contribution in [-0.2, 0) is 35.8 Å². The summed E-state index contributed by atoms with van der Waals surface area (Å²) < 4.78 is 17.4. The van der Waals surface area contributed by atoms with Gasteiger partial charge in [-0.05, 0) is 76.4 Å². The van der Waals surface area contributed by atoms with Crippen LogP contribution in [0.2, 0.25) is 5.02 Å². The van der Waals surface area contributed by atoms with Crippen molar-refractivity contribution >= 4 is 40.3 Å². The van der Waals surface area contributed by atoms with E-state index in [-0.39, 0.29) is 43.6 Å². The zero-order chi connectivity index (χ0) is 32.6. The van der Waals surface area contributed by atoms with Crippen LogP contribution in [0.4, 0.5) is 0 Å². The Morgan fingerprint density at radius 1 is 1.09 bits per heavy atom. The number of H-pyrrole nitrogens is 1. The van der Waals surface area contributed by atoms with E-state index in [0.717, 1.165) is 16.5 Å². The van der Waals surface area contributed by atoms with Gasteiger partial charge in [0, 0.05) is 41.4 Å². The Bertz CT molecular complexity index is 1580. The predicted molar refractivity (Wildman–Crippen MR) is 170 cm³/mol. The molecule has 0 spiro atoms. The number of halogens is 1. The summed E-state index contributed by atoms with van der Waals surface area (Å²) in [6.45, 7) is 9.15. The number of fused-ring (bicyclic) bond motifs is 2. The van der Waals surface area contributed by atoms with Gasteiger partial charge in [-0.15, -0.1) is 0 Å². The first-order valence-corrected chi connectivity index (χ1v) is 15.7. The Kier molecular flexibility index (Phi) is 9.33. The molecular weight excluding hydrogens is 598 g/mol. The molecule has 2 aromatic carbocycles. The first kappa shape index (κ1) is 32.9. The highest BCUT2D eigenvalue weighted by Crippen LogP contribution is 2.38. The standard InChI is InChI=1S/C34H42ClN3O7/c1-32(2,3)45-30(40)16-24-15-25(44-33(4,5)43-24)19-36-29(39)18-34(42)17-23(13-20-8-6-7-9-26(20)34)37-31(41)28-14-21-12-22(35)10-11-27(21)38-28/h6-12,14,23-25,38,42H,13,15-19H2,1-5H3,(H,36,39)(H,37,41)/t23-,24-,25+,34+/m1/s1. The smallest absolute Gasteiger partial charge is 0.308 e. The predicted octanol–water partition coefficient (Wildman–Crippen LogP) is 4.90. The molecule has 2 heterocycles. The molecule has 0 bridgehead atoms. The number of nitrogens with one attached hydrogen (secondary N) is 3. The summed E-state index contributed by atoms with van der Waals surface area (Å²) in [5.41, 5.74) is 0.617. The van der Waals surface area contributed by atoms with Crippen LogP contribution in [0.1, 0.15) is 81.9 Å². The van der Waals surface area contributed by atoms with E-state index in [1.807, 2.05) is 51.1 Å².